The zero-order valence-corrected chi connectivity index (χ0v) is 17.4. The van der Waals surface area contributed by atoms with E-state index in [1.54, 1.807) is 36.7 Å². The van der Waals surface area contributed by atoms with Crippen molar-refractivity contribution >= 4 is 39.9 Å². The van der Waals surface area contributed by atoms with E-state index in [0.717, 1.165) is 5.56 Å². The molecule has 9 heteroatoms. The maximum Gasteiger partial charge on any atom is 0.323 e. The van der Waals surface area contributed by atoms with E-state index in [0.29, 0.717) is 44.5 Å². The van der Waals surface area contributed by atoms with Gasteiger partial charge in [-0.25, -0.2) is 9.18 Å². The van der Waals surface area contributed by atoms with Gasteiger partial charge < -0.3 is 25.1 Å². The SMILES string of the molecule is COc1cc(OC)c(NC(=O)Nc2c(-c3ccncc3)[nH]c3ccc(F)cc23)cc1Cl. The van der Waals surface area contributed by atoms with E-state index in [-0.39, 0.29) is 0 Å². The van der Waals surface area contributed by atoms with E-state index >= 15 is 0 Å². The summed E-state index contributed by atoms with van der Waals surface area (Å²) in [5.41, 5.74) is 2.86. The molecule has 158 valence electrons. The zero-order valence-electron chi connectivity index (χ0n) is 16.6. The first-order chi connectivity index (χ1) is 15.0. The number of halogens is 2. The van der Waals surface area contributed by atoms with E-state index in [1.165, 1.54) is 32.4 Å². The van der Waals surface area contributed by atoms with Gasteiger partial charge in [-0.3, -0.25) is 4.98 Å². The summed E-state index contributed by atoms with van der Waals surface area (Å²) < 4.78 is 24.4. The fourth-order valence-corrected chi connectivity index (χ4v) is 3.49. The number of nitrogens with one attached hydrogen (secondary N) is 3. The van der Waals surface area contributed by atoms with Gasteiger partial charge in [-0.05, 0) is 36.4 Å². The molecule has 0 saturated carbocycles. The normalized spacial score (nSPS) is 10.7. The number of anilines is 2. The van der Waals surface area contributed by atoms with E-state index in [2.05, 4.69) is 20.6 Å². The first-order valence-electron chi connectivity index (χ1n) is 9.21. The summed E-state index contributed by atoms with van der Waals surface area (Å²) in [4.78, 5) is 20.1. The van der Waals surface area contributed by atoms with E-state index in [1.807, 2.05) is 0 Å². The minimum absolute atomic E-state index is 0.310. The molecule has 2 aromatic heterocycles. The molecule has 0 aliphatic rings. The average Bonchev–Trinajstić information content (AvgIpc) is 3.12. The quantitative estimate of drug-likeness (QED) is 0.372. The Labute approximate surface area is 182 Å². The number of urea groups is 1. The van der Waals surface area contributed by atoms with Crippen LogP contribution in [0.25, 0.3) is 22.2 Å². The predicted molar refractivity (Wildman–Crippen MR) is 119 cm³/mol. The Hall–Kier alpha value is -3.78. The summed E-state index contributed by atoms with van der Waals surface area (Å²) in [6.07, 6.45) is 3.27. The average molecular weight is 441 g/mol. The van der Waals surface area contributed by atoms with Gasteiger partial charge in [0.25, 0.3) is 0 Å². The summed E-state index contributed by atoms with van der Waals surface area (Å²) in [5, 5.41) is 6.36. The first-order valence-corrected chi connectivity index (χ1v) is 9.59. The Bertz CT molecular complexity index is 1260. The number of nitrogens with zero attached hydrogens (tertiary/aromatic N) is 1. The molecule has 0 fully saturated rings. The third kappa shape index (κ3) is 4.10. The van der Waals surface area contributed by atoms with Crippen molar-refractivity contribution in [3.63, 3.8) is 0 Å². The van der Waals surface area contributed by atoms with Gasteiger partial charge in [0, 0.05) is 34.9 Å². The summed E-state index contributed by atoms with van der Waals surface area (Å²) in [5.74, 6) is 0.368. The summed E-state index contributed by atoms with van der Waals surface area (Å²) in [7, 11) is 2.95. The third-order valence-corrected chi connectivity index (χ3v) is 4.99. The molecular weight excluding hydrogens is 423 g/mol. The number of hydrogen-bond donors (Lipinski definition) is 3. The maximum atomic E-state index is 13.9. The van der Waals surface area contributed by atoms with Gasteiger partial charge in [-0.1, -0.05) is 11.6 Å². The molecule has 31 heavy (non-hydrogen) atoms. The molecule has 2 heterocycles. The fourth-order valence-electron chi connectivity index (χ4n) is 3.25. The number of pyridine rings is 1. The number of methoxy groups -OCH3 is 2. The summed E-state index contributed by atoms with van der Waals surface area (Å²) in [6, 6.07) is 10.4. The molecule has 3 N–H and O–H groups in total. The lowest BCUT2D eigenvalue weighted by Gasteiger charge is -2.14. The van der Waals surface area contributed by atoms with Crippen LogP contribution in [0.1, 0.15) is 0 Å². The molecule has 0 radical (unpaired) electrons. The Kier molecular flexibility index (Phi) is 5.64. The second kappa shape index (κ2) is 8.53. The van der Waals surface area contributed by atoms with Gasteiger partial charge in [0.05, 0.1) is 36.3 Å². The number of ether oxygens (including phenoxy) is 2. The van der Waals surface area contributed by atoms with Crippen LogP contribution in [0.3, 0.4) is 0 Å². The van der Waals surface area contributed by atoms with Crippen LogP contribution in [0.5, 0.6) is 11.5 Å². The van der Waals surface area contributed by atoms with E-state index in [4.69, 9.17) is 21.1 Å². The molecule has 4 rings (SSSR count). The molecule has 7 nitrogen and oxygen atoms in total. The molecule has 0 unspecified atom stereocenters. The molecule has 4 aromatic rings. The van der Waals surface area contributed by atoms with Crippen LogP contribution in [0.15, 0.2) is 54.9 Å². The van der Waals surface area contributed by atoms with Crippen molar-refractivity contribution in [2.75, 3.05) is 24.9 Å². The van der Waals surface area contributed by atoms with Crippen molar-refractivity contribution in [2.45, 2.75) is 0 Å². The van der Waals surface area contributed by atoms with Crippen LogP contribution in [-0.4, -0.2) is 30.2 Å². The van der Waals surface area contributed by atoms with E-state index < -0.39 is 11.8 Å². The molecule has 2 amide bonds. The molecule has 0 aliphatic carbocycles. The predicted octanol–water partition coefficient (Wildman–Crippen LogP) is 5.68. The zero-order chi connectivity index (χ0) is 22.0. The molecule has 2 aromatic carbocycles. The molecule has 0 saturated heterocycles. The van der Waals surface area contributed by atoms with Crippen molar-refractivity contribution in [2.24, 2.45) is 0 Å². The van der Waals surface area contributed by atoms with Crippen molar-refractivity contribution in [3.8, 4) is 22.8 Å². The van der Waals surface area contributed by atoms with Gasteiger partial charge in [-0.15, -0.1) is 0 Å². The van der Waals surface area contributed by atoms with E-state index in [9.17, 15) is 9.18 Å². The number of aromatic nitrogens is 2. The van der Waals surface area contributed by atoms with Crippen molar-refractivity contribution < 1.29 is 18.7 Å². The molecular formula is C22H18ClFN4O3. The van der Waals surface area contributed by atoms with Gasteiger partial charge in [0.1, 0.15) is 17.3 Å². The van der Waals surface area contributed by atoms with Crippen molar-refractivity contribution in [1.82, 2.24) is 9.97 Å². The molecule has 0 bridgehead atoms. The highest BCUT2D eigenvalue weighted by molar-refractivity contribution is 6.32. The second-order valence-electron chi connectivity index (χ2n) is 6.57. The second-order valence-corrected chi connectivity index (χ2v) is 6.97. The van der Waals surface area contributed by atoms with Crippen molar-refractivity contribution in [3.05, 3.63) is 65.7 Å². The first kappa shape index (κ1) is 20.5. The van der Waals surface area contributed by atoms with Crippen LogP contribution in [0.2, 0.25) is 5.02 Å². The van der Waals surface area contributed by atoms with Gasteiger partial charge >= 0.3 is 6.03 Å². The number of carbonyl (C=O) groups excluding carboxylic acids is 1. The van der Waals surface area contributed by atoms with Gasteiger partial charge in [0.15, 0.2) is 0 Å². The number of aromatic amines is 1. The van der Waals surface area contributed by atoms with Gasteiger partial charge in [-0.2, -0.15) is 0 Å². The highest BCUT2D eigenvalue weighted by Gasteiger charge is 2.18. The fraction of sp³-hybridized carbons (Fsp3) is 0.0909. The largest absolute Gasteiger partial charge is 0.495 e. The van der Waals surface area contributed by atoms with Crippen LogP contribution in [0.4, 0.5) is 20.6 Å². The minimum atomic E-state index is -0.556. The Morgan fingerprint density at radius 3 is 2.48 bits per heavy atom. The number of H-pyrrole nitrogens is 1. The number of benzene rings is 2. The minimum Gasteiger partial charge on any atom is -0.495 e. The third-order valence-electron chi connectivity index (χ3n) is 4.69. The lowest BCUT2D eigenvalue weighted by atomic mass is 10.1. The van der Waals surface area contributed by atoms with Crippen molar-refractivity contribution in [1.29, 1.82) is 0 Å². The smallest absolute Gasteiger partial charge is 0.323 e. The Morgan fingerprint density at radius 1 is 1.03 bits per heavy atom. The highest BCUT2D eigenvalue weighted by Crippen LogP contribution is 2.37. The highest BCUT2D eigenvalue weighted by atomic mass is 35.5. The number of fused-ring (bicyclic) bond motifs is 1. The molecule has 0 spiro atoms. The van der Waals surface area contributed by atoms with Crippen LogP contribution in [0, 0.1) is 5.82 Å². The number of amides is 2. The monoisotopic (exact) mass is 440 g/mol. The standard InChI is InChI=1S/C22H18ClFN4O3/c1-30-18-11-19(31-2)17(10-15(18)23)27-22(29)28-21-14-9-13(24)3-4-16(14)26-20(21)12-5-7-25-8-6-12/h3-11,26H,1-2H3,(H2,27,28,29). The van der Waals surface area contributed by atoms with Gasteiger partial charge in [0.2, 0.25) is 0 Å². The maximum absolute atomic E-state index is 13.9. The lowest BCUT2D eigenvalue weighted by Crippen LogP contribution is -2.20. The Balaban J connectivity index is 1.71. The van der Waals surface area contributed by atoms with Crippen LogP contribution < -0.4 is 20.1 Å². The molecule has 0 aliphatic heterocycles. The number of rotatable bonds is 5. The summed E-state index contributed by atoms with van der Waals surface area (Å²) in [6.45, 7) is 0. The molecule has 0 atom stereocenters. The summed E-state index contributed by atoms with van der Waals surface area (Å²) >= 11 is 6.18. The Morgan fingerprint density at radius 2 is 1.77 bits per heavy atom. The van der Waals surface area contributed by atoms with Crippen LogP contribution >= 0.6 is 11.6 Å². The number of hydrogen-bond acceptors (Lipinski definition) is 4. The van der Waals surface area contributed by atoms with Crippen LogP contribution in [-0.2, 0) is 0 Å². The lowest BCUT2D eigenvalue weighted by molar-refractivity contribution is 0.262. The number of carbonyl (C=O) groups is 1. The topological polar surface area (TPSA) is 88.3 Å².